The summed E-state index contributed by atoms with van der Waals surface area (Å²) < 4.78 is 0. The Morgan fingerprint density at radius 3 is 2.61 bits per heavy atom. The van der Waals surface area contributed by atoms with E-state index in [4.69, 9.17) is 0 Å². The Bertz CT molecular complexity index is 700. The number of rotatable bonds is 4. The predicted octanol–water partition coefficient (Wildman–Crippen LogP) is 2.98. The average Bonchev–Trinajstić information content (AvgIpc) is 3.05. The molecule has 3 heteroatoms. The van der Waals surface area contributed by atoms with Crippen LogP contribution in [-0.4, -0.2) is 42.6 Å². The van der Waals surface area contributed by atoms with Crippen LogP contribution in [0.2, 0.25) is 0 Å². The van der Waals surface area contributed by atoms with Crippen molar-refractivity contribution in [2.24, 2.45) is 0 Å². The van der Waals surface area contributed by atoms with Gasteiger partial charge in [-0.15, -0.1) is 0 Å². The van der Waals surface area contributed by atoms with Gasteiger partial charge in [0.2, 0.25) is 0 Å². The van der Waals surface area contributed by atoms with Crippen LogP contribution in [0, 0.1) is 0 Å². The molecule has 0 amide bonds. The number of piperazine rings is 1. The van der Waals surface area contributed by atoms with Crippen LogP contribution in [0.5, 0.6) is 0 Å². The molecule has 1 fully saturated rings. The average molecular weight is 305 g/mol. The van der Waals surface area contributed by atoms with E-state index in [1.807, 2.05) is 12.4 Å². The molecule has 1 N–H and O–H groups in total. The fourth-order valence-corrected chi connectivity index (χ4v) is 3.69. The number of pyridine rings is 1. The number of benzene rings is 1. The van der Waals surface area contributed by atoms with Crippen LogP contribution >= 0.6 is 0 Å². The second-order valence-corrected chi connectivity index (χ2v) is 6.34. The standard InChI is InChI=1S/C20H23N3/c1-2-18-16(8-13-23-14-11-22-12-15-23)4-5-20(18)19(3-1)17-6-9-21-10-7-17/h1-4,6-7,9-10,22H,5,8,11-15H2. The van der Waals surface area contributed by atoms with Gasteiger partial charge in [-0.05, 0) is 52.8 Å². The molecule has 0 bridgehead atoms. The zero-order chi connectivity index (χ0) is 15.5. The molecule has 23 heavy (non-hydrogen) atoms. The molecule has 118 valence electrons. The fourth-order valence-electron chi connectivity index (χ4n) is 3.69. The summed E-state index contributed by atoms with van der Waals surface area (Å²) in [5.74, 6) is 0. The smallest absolute Gasteiger partial charge is 0.0273 e. The molecular weight excluding hydrogens is 282 g/mol. The van der Waals surface area contributed by atoms with E-state index in [0.29, 0.717) is 0 Å². The van der Waals surface area contributed by atoms with Crippen molar-refractivity contribution >= 4 is 5.57 Å². The van der Waals surface area contributed by atoms with E-state index in [0.717, 1.165) is 25.9 Å². The summed E-state index contributed by atoms with van der Waals surface area (Å²) in [7, 11) is 0. The molecule has 0 unspecified atom stereocenters. The lowest BCUT2D eigenvalue weighted by molar-refractivity contribution is 0.246. The maximum absolute atomic E-state index is 4.14. The Kier molecular flexibility index (Phi) is 4.22. The van der Waals surface area contributed by atoms with Gasteiger partial charge in [-0.2, -0.15) is 0 Å². The highest BCUT2D eigenvalue weighted by Crippen LogP contribution is 2.36. The van der Waals surface area contributed by atoms with Gasteiger partial charge in [0.1, 0.15) is 0 Å². The quantitative estimate of drug-likeness (QED) is 0.941. The Labute approximate surface area is 138 Å². The molecular formula is C20H23N3. The molecule has 0 radical (unpaired) electrons. The van der Waals surface area contributed by atoms with E-state index >= 15 is 0 Å². The van der Waals surface area contributed by atoms with Crippen LogP contribution in [-0.2, 0) is 6.42 Å². The summed E-state index contributed by atoms with van der Waals surface area (Å²) in [4.78, 5) is 6.71. The SMILES string of the molecule is C1=C(CCN2CCNCC2)c2cccc(-c3ccncc3)c2C1. The number of hydrogen-bond acceptors (Lipinski definition) is 3. The molecule has 1 aromatic heterocycles. The van der Waals surface area contributed by atoms with Crippen molar-refractivity contribution in [1.82, 2.24) is 15.2 Å². The molecule has 0 atom stereocenters. The second kappa shape index (κ2) is 6.65. The first-order chi connectivity index (χ1) is 11.4. The zero-order valence-electron chi connectivity index (χ0n) is 13.5. The van der Waals surface area contributed by atoms with Crippen molar-refractivity contribution in [3.63, 3.8) is 0 Å². The molecule has 0 spiro atoms. The summed E-state index contributed by atoms with van der Waals surface area (Å²) in [6.45, 7) is 5.78. The maximum atomic E-state index is 4.14. The molecule has 1 saturated heterocycles. The number of aromatic nitrogens is 1. The Morgan fingerprint density at radius 2 is 1.78 bits per heavy atom. The van der Waals surface area contributed by atoms with Crippen molar-refractivity contribution in [2.75, 3.05) is 32.7 Å². The van der Waals surface area contributed by atoms with Crippen molar-refractivity contribution in [2.45, 2.75) is 12.8 Å². The highest BCUT2D eigenvalue weighted by molar-refractivity contribution is 5.81. The maximum Gasteiger partial charge on any atom is 0.0273 e. The molecule has 1 aromatic carbocycles. The highest BCUT2D eigenvalue weighted by Gasteiger charge is 2.19. The van der Waals surface area contributed by atoms with Crippen molar-refractivity contribution in [3.05, 3.63) is 59.9 Å². The Hall–Kier alpha value is -1.97. The topological polar surface area (TPSA) is 28.2 Å². The first kappa shape index (κ1) is 14.6. The van der Waals surface area contributed by atoms with Gasteiger partial charge in [0, 0.05) is 45.1 Å². The van der Waals surface area contributed by atoms with E-state index < -0.39 is 0 Å². The lowest BCUT2D eigenvalue weighted by Crippen LogP contribution is -2.43. The predicted molar refractivity (Wildman–Crippen MR) is 95.3 cm³/mol. The van der Waals surface area contributed by atoms with E-state index in [-0.39, 0.29) is 0 Å². The van der Waals surface area contributed by atoms with Gasteiger partial charge in [-0.3, -0.25) is 4.98 Å². The number of hydrogen-bond donors (Lipinski definition) is 1. The summed E-state index contributed by atoms with van der Waals surface area (Å²) in [6.07, 6.45) is 8.40. The van der Waals surface area contributed by atoms with Crippen LogP contribution in [0.1, 0.15) is 17.5 Å². The normalized spacial score (nSPS) is 17.8. The van der Waals surface area contributed by atoms with E-state index in [1.54, 1.807) is 0 Å². The van der Waals surface area contributed by atoms with Gasteiger partial charge in [0.05, 0.1) is 0 Å². The third-order valence-corrected chi connectivity index (χ3v) is 4.97. The first-order valence-corrected chi connectivity index (χ1v) is 8.56. The first-order valence-electron chi connectivity index (χ1n) is 8.56. The monoisotopic (exact) mass is 305 g/mol. The van der Waals surface area contributed by atoms with Gasteiger partial charge in [0.15, 0.2) is 0 Å². The zero-order valence-corrected chi connectivity index (χ0v) is 13.5. The van der Waals surface area contributed by atoms with Crippen molar-refractivity contribution < 1.29 is 0 Å². The molecule has 2 aliphatic rings. The molecule has 1 aliphatic carbocycles. The summed E-state index contributed by atoms with van der Waals surface area (Å²) in [6, 6.07) is 10.9. The molecule has 3 nitrogen and oxygen atoms in total. The minimum atomic E-state index is 1.06. The number of allylic oxidation sites excluding steroid dienone is 1. The number of fused-ring (bicyclic) bond motifs is 1. The van der Waals surface area contributed by atoms with Gasteiger partial charge in [-0.1, -0.05) is 24.3 Å². The van der Waals surface area contributed by atoms with E-state index in [1.165, 1.54) is 47.5 Å². The Morgan fingerprint density at radius 1 is 1.00 bits per heavy atom. The minimum Gasteiger partial charge on any atom is -0.314 e. The largest absolute Gasteiger partial charge is 0.314 e. The summed E-state index contributed by atoms with van der Waals surface area (Å²) in [5, 5.41) is 3.42. The molecule has 0 saturated carbocycles. The molecule has 2 aromatic rings. The minimum absolute atomic E-state index is 1.06. The van der Waals surface area contributed by atoms with Gasteiger partial charge < -0.3 is 10.2 Å². The van der Waals surface area contributed by atoms with E-state index in [2.05, 4.69) is 51.6 Å². The van der Waals surface area contributed by atoms with Crippen LogP contribution in [0.15, 0.2) is 48.8 Å². The number of nitrogens with one attached hydrogen (secondary N) is 1. The van der Waals surface area contributed by atoms with Crippen LogP contribution in [0.25, 0.3) is 16.7 Å². The summed E-state index contributed by atoms with van der Waals surface area (Å²) >= 11 is 0. The lowest BCUT2D eigenvalue weighted by Gasteiger charge is -2.27. The van der Waals surface area contributed by atoms with Crippen molar-refractivity contribution in [3.8, 4) is 11.1 Å². The highest BCUT2D eigenvalue weighted by atomic mass is 15.2. The third kappa shape index (κ3) is 3.07. The summed E-state index contributed by atoms with van der Waals surface area (Å²) in [5.41, 5.74) is 7.09. The van der Waals surface area contributed by atoms with Gasteiger partial charge in [-0.25, -0.2) is 0 Å². The molecule has 1 aliphatic heterocycles. The molecule has 2 heterocycles. The van der Waals surface area contributed by atoms with E-state index in [9.17, 15) is 0 Å². The van der Waals surface area contributed by atoms with Gasteiger partial charge >= 0.3 is 0 Å². The molecule has 4 rings (SSSR count). The van der Waals surface area contributed by atoms with Crippen molar-refractivity contribution in [1.29, 1.82) is 0 Å². The number of nitrogens with zero attached hydrogens (tertiary/aromatic N) is 2. The Balaban J connectivity index is 1.52. The van der Waals surface area contributed by atoms with Crippen LogP contribution in [0.3, 0.4) is 0 Å². The third-order valence-electron chi connectivity index (χ3n) is 4.97. The fraction of sp³-hybridized carbons (Fsp3) is 0.350. The van der Waals surface area contributed by atoms with Crippen LogP contribution < -0.4 is 5.32 Å². The van der Waals surface area contributed by atoms with Gasteiger partial charge in [0.25, 0.3) is 0 Å². The lowest BCUT2D eigenvalue weighted by atomic mass is 9.95. The second-order valence-electron chi connectivity index (χ2n) is 6.34. The van der Waals surface area contributed by atoms with Crippen LogP contribution in [0.4, 0.5) is 0 Å².